The van der Waals surface area contributed by atoms with Crippen molar-refractivity contribution in [2.24, 2.45) is 0 Å². The van der Waals surface area contributed by atoms with Crippen LogP contribution in [0.2, 0.25) is 0 Å². The van der Waals surface area contributed by atoms with Crippen LogP contribution in [0, 0.1) is 6.92 Å². The number of thiazole rings is 1. The summed E-state index contributed by atoms with van der Waals surface area (Å²) in [6.07, 6.45) is 5.77. The predicted molar refractivity (Wildman–Crippen MR) is 56.2 cm³/mol. The molecule has 2 rings (SSSR count). The first-order valence-corrected chi connectivity index (χ1v) is 5.66. The summed E-state index contributed by atoms with van der Waals surface area (Å²) in [7, 11) is 0. The molecule has 0 spiro atoms. The van der Waals surface area contributed by atoms with Gasteiger partial charge in [0.2, 0.25) is 0 Å². The molecule has 0 saturated carbocycles. The van der Waals surface area contributed by atoms with Gasteiger partial charge in [0.25, 0.3) is 0 Å². The van der Waals surface area contributed by atoms with Crippen molar-refractivity contribution in [3.63, 3.8) is 0 Å². The molecule has 1 atom stereocenters. The lowest BCUT2D eigenvalue weighted by molar-refractivity contribution is 0.415. The molecule has 1 fully saturated rings. The van der Waals surface area contributed by atoms with Crippen molar-refractivity contribution in [2.45, 2.75) is 38.6 Å². The predicted octanol–water partition coefficient (Wildman–Crippen LogP) is 2.14. The first kappa shape index (κ1) is 9.16. The lowest BCUT2D eigenvalue weighted by Crippen LogP contribution is -2.38. The number of hydrogen-bond donors (Lipinski definition) is 1. The minimum atomic E-state index is 0.332. The summed E-state index contributed by atoms with van der Waals surface area (Å²) in [5.41, 5.74) is 0.332. The van der Waals surface area contributed by atoms with Crippen molar-refractivity contribution in [3.8, 4) is 0 Å². The summed E-state index contributed by atoms with van der Waals surface area (Å²) in [5, 5.41) is 4.75. The molecule has 13 heavy (non-hydrogen) atoms. The SMILES string of the molecule is Cc1ncc(CC2(C)CCCN2)s1. The first-order valence-electron chi connectivity index (χ1n) is 4.84. The Balaban J connectivity index is 2.04. The molecule has 3 heteroatoms. The van der Waals surface area contributed by atoms with Gasteiger partial charge in [0.15, 0.2) is 0 Å². The van der Waals surface area contributed by atoms with Crippen molar-refractivity contribution in [1.82, 2.24) is 10.3 Å². The van der Waals surface area contributed by atoms with Crippen molar-refractivity contribution >= 4 is 11.3 Å². The zero-order valence-corrected chi connectivity index (χ0v) is 9.08. The van der Waals surface area contributed by atoms with E-state index in [9.17, 15) is 0 Å². The third kappa shape index (κ3) is 2.09. The standard InChI is InChI=1S/C10H16N2S/c1-8-11-7-9(13-8)6-10(2)4-3-5-12-10/h7,12H,3-6H2,1-2H3. The van der Waals surface area contributed by atoms with Gasteiger partial charge < -0.3 is 5.32 Å². The molecule has 0 amide bonds. The molecular formula is C10H16N2S. The Morgan fingerprint density at radius 3 is 3.08 bits per heavy atom. The molecule has 1 unspecified atom stereocenters. The average Bonchev–Trinajstić information content (AvgIpc) is 2.62. The van der Waals surface area contributed by atoms with Gasteiger partial charge in [-0.2, -0.15) is 0 Å². The zero-order chi connectivity index (χ0) is 9.31. The Bertz CT molecular complexity index is 287. The summed E-state index contributed by atoms with van der Waals surface area (Å²) < 4.78 is 0. The monoisotopic (exact) mass is 196 g/mol. The van der Waals surface area contributed by atoms with Crippen LogP contribution in [0.5, 0.6) is 0 Å². The van der Waals surface area contributed by atoms with Gasteiger partial charge in [0.05, 0.1) is 5.01 Å². The molecule has 0 aliphatic carbocycles. The van der Waals surface area contributed by atoms with E-state index in [0.717, 1.165) is 6.42 Å². The highest BCUT2D eigenvalue weighted by atomic mass is 32.1. The van der Waals surface area contributed by atoms with Crippen molar-refractivity contribution in [3.05, 3.63) is 16.1 Å². The van der Waals surface area contributed by atoms with Gasteiger partial charge in [0, 0.05) is 23.0 Å². The minimum Gasteiger partial charge on any atom is -0.311 e. The van der Waals surface area contributed by atoms with E-state index in [0.29, 0.717) is 5.54 Å². The summed E-state index contributed by atoms with van der Waals surface area (Å²) in [4.78, 5) is 5.69. The Labute approximate surface area is 83.4 Å². The number of hydrogen-bond acceptors (Lipinski definition) is 3. The van der Waals surface area contributed by atoms with E-state index in [2.05, 4.69) is 24.1 Å². The molecule has 1 aromatic heterocycles. The molecule has 1 aliphatic heterocycles. The number of aromatic nitrogens is 1. The van der Waals surface area contributed by atoms with Crippen molar-refractivity contribution < 1.29 is 0 Å². The highest BCUT2D eigenvalue weighted by molar-refractivity contribution is 7.11. The van der Waals surface area contributed by atoms with Crippen LogP contribution in [0.15, 0.2) is 6.20 Å². The second-order valence-electron chi connectivity index (χ2n) is 4.11. The lowest BCUT2D eigenvalue weighted by Gasteiger charge is -2.22. The fourth-order valence-corrected chi connectivity index (χ4v) is 2.96. The van der Waals surface area contributed by atoms with Crippen LogP contribution < -0.4 is 5.32 Å². The van der Waals surface area contributed by atoms with Gasteiger partial charge in [-0.3, -0.25) is 0 Å². The fourth-order valence-electron chi connectivity index (χ4n) is 1.98. The molecule has 72 valence electrons. The average molecular weight is 196 g/mol. The van der Waals surface area contributed by atoms with Crippen LogP contribution in [0.25, 0.3) is 0 Å². The van der Waals surface area contributed by atoms with E-state index in [4.69, 9.17) is 0 Å². The van der Waals surface area contributed by atoms with E-state index in [1.807, 2.05) is 17.5 Å². The molecule has 1 aromatic rings. The molecule has 0 bridgehead atoms. The van der Waals surface area contributed by atoms with Crippen molar-refractivity contribution in [2.75, 3.05) is 6.54 Å². The van der Waals surface area contributed by atoms with Gasteiger partial charge in [-0.25, -0.2) is 4.98 Å². The summed E-state index contributed by atoms with van der Waals surface area (Å²) in [6, 6.07) is 0. The van der Waals surface area contributed by atoms with Gasteiger partial charge in [0.1, 0.15) is 0 Å². The number of nitrogens with zero attached hydrogens (tertiary/aromatic N) is 1. The summed E-state index contributed by atoms with van der Waals surface area (Å²) >= 11 is 1.82. The van der Waals surface area contributed by atoms with Crippen LogP contribution in [-0.2, 0) is 6.42 Å². The normalized spacial score (nSPS) is 28.2. The smallest absolute Gasteiger partial charge is 0.0896 e. The minimum absolute atomic E-state index is 0.332. The molecule has 2 nitrogen and oxygen atoms in total. The van der Waals surface area contributed by atoms with E-state index in [-0.39, 0.29) is 0 Å². The highest BCUT2D eigenvalue weighted by Crippen LogP contribution is 2.25. The maximum absolute atomic E-state index is 4.28. The molecular weight excluding hydrogens is 180 g/mol. The largest absolute Gasteiger partial charge is 0.311 e. The van der Waals surface area contributed by atoms with Crippen LogP contribution >= 0.6 is 11.3 Å². The Morgan fingerprint density at radius 1 is 1.69 bits per heavy atom. The third-order valence-electron chi connectivity index (χ3n) is 2.69. The molecule has 0 aromatic carbocycles. The highest BCUT2D eigenvalue weighted by Gasteiger charge is 2.28. The molecule has 2 heterocycles. The van der Waals surface area contributed by atoms with Crippen LogP contribution in [0.3, 0.4) is 0 Å². The number of rotatable bonds is 2. The fraction of sp³-hybridized carbons (Fsp3) is 0.700. The van der Waals surface area contributed by atoms with E-state index < -0.39 is 0 Å². The van der Waals surface area contributed by atoms with Gasteiger partial charge in [-0.1, -0.05) is 0 Å². The molecule has 1 aliphatic rings. The van der Waals surface area contributed by atoms with E-state index >= 15 is 0 Å². The maximum atomic E-state index is 4.28. The summed E-state index contributed by atoms with van der Waals surface area (Å²) in [6.45, 7) is 5.56. The topological polar surface area (TPSA) is 24.9 Å². The Hall–Kier alpha value is -0.410. The van der Waals surface area contributed by atoms with E-state index in [1.54, 1.807) is 0 Å². The van der Waals surface area contributed by atoms with Gasteiger partial charge in [-0.05, 0) is 33.2 Å². The van der Waals surface area contributed by atoms with Crippen LogP contribution in [-0.4, -0.2) is 17.1 Å². The second kappa shape index (κ2) is 3.39. The molecule has 1 N–H and O–H groups in total. The van der Waals surface area contributed by atoms with Crippen LogP contribution in [0.4, 0.5) is 0 Å². The lowest BCUT2D eigenvalue weighted by atomic mass is 9.95. The first-order chi connectivity index (χ1) is 6.18. The zero-order valence-electron chi connectivity index (χ0n) is 8.26. The molecule has 0 radical (unpaired) electrons. The number of nitrogens with one attached hydrogen (secondary N) is 1. The maximum Gasteiger partial charge on any atom is 0.0896 e. The Kier molecular flexibility index (Phi) is 2.39. The quantitative estimate of drug-likeness (QED) is 0.784. The van der Waals surface area contributed by atoms with Gasteiger partial charge in [-0.15, -0.1) is 11.3 Å². The van der Waals surface area contributed by atoms with Gasteiger partial charge >= 0.3 is 0 Å². The molecule has 1 saturated heterocycles. The van der Waals surface area contributed by atoms with Crippen molar-refractivity contribution in [1.29, 1.82) is 0 Å². The third-order valence-corrected chi connectivity index (χ3v) is 3.60. The number of aryl methyl sites for hydroxylation is 1. The Morgan fingerprint density at radius 2 is 2.54 bits per heavy atom. The van der Waals surface area contributed by atoms with Crippen LogP contribution in [0.1, 0.15) is 29.7 Å². The van der Waals surface area contributed by atoms with E-state index in [1.165, 1.54) is 29.3 Å². The second-order valence-corrected chi connectivity index (χ2v) is 5.43. The summed E-state index contributed by atoms with van der Waals surface area (Å²) in [5.74, 6) is 0.